The molecule has 6 aliphatic heterocycles. The Hall–Kier alpha value is -14.2. The van der Waals surface area contributed by atoms with Crippen LogP contribution in [0.4, 0.5) is 58.6 Å². The van der Waals surface area contributed by atoms with Gasteiger partial charge in [0.25, 0.3) is 0 Å². The van der Waals surface area contributed by atoms with E-state index in [1.54, 1.807) is 57.4 Å². The summed E-state index contributed by atoms with van der Waals surface area (Å²) in [6.45, 7) is 22.6. The third-order valence-corrected chi connectivity index (χ3v) is 21.0. The molecule has 22 rings (SSSR count). The summed E-state index contributed by atoms with van der Waals surface area (Å²) >= 11 is 17.1. The molecule has 19 heterocycles. The number of hydrogen-bond acceptors (Lipinski definition) is 42. The van der Waals surface area contributed by atoms with E-state index < -0.39 is 0 Å². The number of H-pyrrole nitrogens is 7. The maximum Gasteiger partial charge on any atom is 0.247 e. The number of nitrogens with two attached hydrogens (primary N) is 4. The summed E-state index contributed by atoms with van der Waals surface area (Å²) in [6, 6.07) is 19.8. The first kappa shape index (κ1) is 92.5. The number of aromatic nitrogens is 25. The average Bonchev–Trinajstić information content (AvgIpc) is 1.59. The number of ether oxygens (including phenoxy) is 7. The van der Waals surface area contributed by atoms with E-state index in [0.717, 1.165) is 193 Å². The number of nitrogen functional groups attached to an aromatic ring is 2. The number of para-hydroxylation sites is 1. The molecule has 132 heavy (non-hydrogen) atoms. The number of hydrazine groups is 2. The van der Waals surface area contributed by atoms with Crippen molar-refractivity contribution in [2.24, 2.45) is 32.8 Å². The van der Waals surface area contributed by atoms with Gasteiger partial charge >= 0.3 is 0 Å². The normalized spacial score (nSPS) is 15.3. The van der Waals surface area contributed by atoms with Gasteiger partial charge in [-0.15, -0.1) is 0 Å². The van der Waals surface area contributed by atoms with E-state index in [1.165, 1.54) is 6.33 Å². The molecule has 0 bridgehead atoms. The van der Waals surface area contributed by atoms with Gasteiger partial charge in [-0.3, -0.25) is 17.1 Å². The highest BCUT2D eigenvalue weighted by molar-refractivity contribution is 6.35. The summed E-state index contributed by atoms with van der Waals surface area (Å²) in [4.78, 5) is 108. The van der Waals surface area contributed by atoms with Crippen molar-refractivity contribution in [1.82, 2.24) is 130 Å². The number of halogens is 3. The first-order valence-electron chi connectivity index (χ1n) is 41.7. The molecular formula is C80H97Cl3N42O7. The van der Waals surface area contributed by atoms with Gasteiger partial charge in [0.2, 0.25) is 34.4 Å². The number of hydrazone groups is 3. The van der Waals surface area contributed by atoms with E-state index >= 15 is 0 Å². The lowest BCUT2D eigenvalue weighted by atomic mass is 10.1. The Bertz CT molecular complexity index is 6480. The maximum absolute atomic E-state index is 5.97. The highest BCUT2D eigenvalue weighted by Gasteiger charge is 2.25. The molecule has 3 aromatic carbocycles. The second-order valence-electron chi connectivity index (χ2n) is 29.0. The molecule has 0 aliphatic carbocycles. The number of imidazole rings is 6. The number of fused-ring (bicyclic) bond motifs is 7. The van der Waals surface area contributed by atoms with Crippen molar-refractivity contribution in [3.63, 3.8) is 0 Å². The number of aryl methyl sites for hydroxylation is 2. The molecule has 0 unspecified atom stereocenters. The molecule has 6 saturated heterocycles. The first-order chi connectivity index (χ1) is 64.8. The summed E-state index contributed by atoms with van der Waals surface area (Å²) in [5, 5.41) is 17.7. The molecule has 0 saturated carbocycles. The molecule has 13 aromatic heterocycles. The van der Waals surface area contributed by atoms with Gasteiger partial charge in [-0.2, -0.15) is 70.1 Å². The van der Waals surface area contributed by atoms with Gasteiger partial charge in [0.05, 0.1) is 143 Å². The SMILES string of the molecule is C(=N\Nc1nc(N2CCOCC2)c2[nH]cnc2n1)/c1c[nH]c2ccccc12.C1COCCN1.COc1ccc(C)cc1/C=N/Nc1nc(N2CCOCC2)c2[nH]cnc2n1.Cc1ccc(N)c(/C=N/Nc2nc(N3CCOCC3)c3[nH]cnc3n2)c1.Clc1nc(Cl)c2[nH]cnc2n1.Clc1nc(N2CCOCC2)c2[nH]cnc2n1.NN.NNc1nc(N2CCOCC2)c2[nH]cnc2n1. The molecule has 49 nitrogen and oxygen atoms in total. The van der Waals surface area contributed by atoms with Crippen LogP contribution in [-0.2, 0) is 28.4 Å². The minimum atomic E-state index is 0.106. The Balaban J connectivity index is 0.000000121. The molecule has 690 valence electrons. The van der Waals surface area contributed by atoms with Crippen LogP contribution in [0.25, 0.3) is 77.9 Å². The number of nitrogens with zero attached hydrogens (tertiary/aromatic N) is 26. The second-order valence-corrected chi connectivity index (χ2v) is 30.0. The zero-order valence-electron chi connectivity index (χ0n) is 71.9. The average molecular weight is 1870 g/mol. The Labute approximate surface area is 766 Å². The Morgan fingerprint density at radius 2 is 0.727 bits per heavy atom. The van der Waals surface area contributed by atoms with Crippen LogP contribution in [0.5, 0.6) is 5.75 Å². The van der Waals surface area contributed by atoms with Gasteiger partial charge in [0.1, 0.15) is 38.8 Å². The van der Waals surface area contributed by atoms with Gasteiger partial charge in [0.15, 0.2) is 68.1 Å². The maximum atomic E-state index is 5.97. The number of anilines is 10. The Morgan fingerprint density at radius 1 is 0.386 bits per heavy atom. The van der Waals surface area contributed by atoms with Crippen LogP contribution >= 0.6 is 34.8 Å². The molecule has 0 radical (unpaired) electrons. The highest BCUT2D eigenvalue weighted by Crippen LogP contribution is 2.31. The summed E-state index contributed by atoms with van der Waals surface area (Å²) in [5.41, 5.74) is 32.0. The predicted molar refractivity (Wildman–Crippen MR) is 505 cm³/mol. The van der Waals surface area contributed by atoms with Gasteiger partial charge in [-0.05, 0) is 67.4 Å². The number of morpholine rings is 6. The number of rotatable bonds is 16. The summed E-state index contributed by atoms with van der Waals surface area (Å²) in [6.07, 6.45) is 16.6. The summed E-state index contributed by atoms with van der Waals surface area (Å²) in [7, 11) is 1.64. The molecule has 6 fully saturated rings. The fraction of sp³-hybridized carbons (Fsp3) is 0.338. The molecule has 0 atom stereocenters. The number of benzene rings is 3. The highest BCUT2D eigenvalue weighted by atomic mass is 35.5. The molecule has 52 heteroatoms. The van der Waals surface area contributed by atoms with Crippen molar-refractivity contribution >= 4 is 190 Å². The minimum Gasteiger partial charge on any atom is -0.496 e. The molecule has 20 N–H and O–H groups in total. The zero-order valence-corrected chi connectivity index (χ0v) is 74.2. The number of nitrogens with one attached hydrogen (secondary N) is 12. The first-order valence-corrected chi connectivity index (χ1v) is 42.9. The zero-order chi connectivity index (χ0) is 91.3. The van der Waals surface area contributed by atoms with Crippen LogP contribution in [0.1, 0.15) is 27.8 Å². The number of methoxy groups -OCH3 is 1. The van der Waals surface area contributed by atoms with Crippen molar-refractivity contribution < 1.29 is 33.2 Å². The fourth-order valence-electron chi connectivity index (χ4n) is 14.0. The largest absolute Gasteiger partial charge is 0.496 e. The van der Waals surface area contributed by atoms with Crippen molar-refractivity contribution in [3.8, 4) is 5.75 Å². The standard InChI is InChI=1S/C18H18N8O.C18H21N7O2.C17H20N8O.C9H10ClN5O.C9H13N7O.C5H2Cl2N4.C4H9NO.H4N2/c1-2-4-14-13(3-1)12(9-19-14)10-22-25-18-23-16-15(20-11-21-16)17(24-18)26-5-7-27-8-6-26;1-12-3-4-14(26-2)13(9-12)10-21-24-18-22-16-15(19-11-20-16)17(23-18)25-5-7-27-8-6-25;1-11-2-3-13(18)12(8-11)9-21-24-17-22-15-14(19-10-20-15)16(23-17)25-4-6-26-7-5-25;10-9-13-7-6(11-5-12-7)8(14-9)15-1-3-16-4-2-15;10-15-9-13-7-6(11-5-12-7)8(14-9)16-1-3-17-4-2-16;6-3-2-4(9-1-8-2)11-5(7)10-3;1-3-6-4-2-5-1;1-2/h1-4,9-11,19H,5-8H2,(H2,20,21,23,24,25);3-4,9-11H,5-8H2,1-2H3,(H2,19,20,22,23,24);2-3,8-10H,4-7,18H2,1H3,(H2,19,20,22,23,24);5H,1-4H2,(H,11,12,13,14);5H,1-4,10H2,(H2,11,12,13,14,15);1H,(H,8,9,10,11);5H,1-4H2;1-2H2/b22-10+;21-10+;21-9+;;;;;. The minimum absolute atomic E-state index is 0.106. The monoisotopic (exact) mass is 1860 g/mol. The van der Waals surface area contributed by atoms with E-state index in [4.69, 9.17) is 79.5 Å². The van der Waals surface area contributed by atoms with Crippen LogP contribution in [0.15, 0.2) is 120 Å². The van der Waals surface area contributed by atoms with Crippen LogP contribution in [0, 0.1) is 13.8 Å². The molecule has 0 spiro atoms. The third kappa shape index (κ3) is 24.1. The van der Waals surface area contributed by atoms with Gasteiger partial charge < -0.3 is 104 Å². The van der Waals surface area contributed by atoms with E-state index in [9.17, 15) is 0 Å². The molecular weight excluding hydrogens is 1770 g/mol. The van der Waals surface area contributed by atoms with Crippen LogP contribution in [0.2, 0.25) is 15.7 Å². The van der Waals surface area contributed by atoms with E-state index in [-0.39, 0.29) is 15.7 Å². The van der Waals surface area contributed by atoms with Gasteiger partial charge in [-0.25, -0.2) is 57.0 Å². The van der Waals surface area contributed by atoms with Crippen LogP contribution in [0.3, 0.4) is 0 Å². The lowest BCUT2D eigenvalue weighted by Gasteiger charge is -2.28. The van der Waals surface area contributed by atoms with Crippen LogP contribution < -0.4 is 79.5 Å². The lowest BCUT2D eigenvalue weighted by molar-refractivity contribution is 0.109. The Morgan fingerprint density at radius 3 is 1.13 bits per heavy atom. The van der Waals surface area contributed by atoms with E-state index in [2.05, 4.69) is 209 Å². The molecule has 6 aliphatic rings. The number of aromatic amines is 7. The summed E-state index contributed by atoms with van der Waals surface area (Å²) in [5.74, 6) is 19.7. The van der Waals surface area contributed by atoms with E-state index in [0.29, 0.717) is 135 Å². The smallest absolute Gasteiger partial charge is 0.247 e. The predicted octanol–water partition coefficient (Wildman–Crippen LogP) is 6.00. The summed E-state index contributed by atoms with van der Waals surface area (Å²) < 4.78 is 37.3. The van der Waals surface area contributed by atoms with Crippen molar-refractivity contribution in [3.05, 3.63) is 148 Å². The molecule has 0 amide bonds. The third-order valence-electron chi connectivity index (χ3n) is 20.4. The topological polar surface area (TPSA) is 625 Å². The molecule has 16 aromatic rings. The van der Waals surface area contributed by atoms with Gasteiger partial charge in [0, 0.05) is 118 Å². The van der Waals surface area contributed by atoms with Crippen molar-refractivity contribution in [1.29, 1.82) is 0 Å². The quantitative estimate of drug-likeness (QED) is 0.0132. The van der Waals surface area contributed by atoms with Crippen LogP contribution in [-0.4, -0.2) is 308 Å². The lowest BCUT2D eigenvalue weighted by Crippen LogP contribution is -2.37. The van der Waals surface area contributed by atoms with Crippen molar-refractivity contribution in [2.75, 3.05) is 217 Å². The fourth-order valence-corrected chi connectivity index (χ4v) is 14.6. The Kier molecular flexibility index (Phi) is 32.5. The van der Waals surface area contributed by atoms with Crippen molar-refractivity contribution in [2.45, 2.75) is 13.8 Å². The number of hydrogen-bond donors (Lipinski definition) is 16. The van der Waals surface area contributed by atoms with E-state index in [1.807, 2.05) is 74.6 Å². The second kappa shape index (κ2) is 46.3. The van der Waals surface area contributed by atoms with Gasteiger partial charge in [-0.1, -0.05) is 53.1 Å².